The molecular formula is C6H7F4NO3. The van der Waals surface area contributed by atoms with Crippen LogP contribution in [0, 0.1) is 0 Å². The molecule has 0 spiro atoms. The fourth-order valence-corrected chi connectivity index (χ4v) is 0.454. The maximum atomic E-state index is 12.2. The van der Waals surface area contributed by atoms with Gasteiger partial charge in [0.25, 0.3) is 5.91 Å². The van der Waals surface area contributed by atoms with Gasteiger partial charge in [-0.2, -0.15) is 8.78 Å². The van der Waals surface area contributed by atoms with Gasteiger partial charge >= 0.3 is 18.3 Å². The molecule has 0 aromatic carbocycles. The van der Waals surface area contributed by atoms with Gasteiger partial charge in [-0.05, 0) is 6.92 Å². The highest BCUT2D eigenvalue weighted by Gasteiger charge is 2.49. The van der Waals surface area contributed by atoms with Gasteiger partial charge in [0.15, 0.2) is 0 Å². The van der Waals surface area contributed by atoms with Crippen LogP contribution < -0.4 is 5.32 Å². The monoisotopic (exact) mass is 217 g/mol. The Morgan fingerprint density at radius 3 is 2.07 bits per heavy atom. The Labute approximate surface area is 75.9 Å². The number of rotatable bonds is 4. The van der Waals surface area contributed by atoms with Crippen LogP contribution in [-0.4, -0.2) is 35.4 Å². The van der Waals surface area contributed by atoms with Crippen molar-refractivity contribution < 1.29 is 32.3 Å². The number of carbonyl (C=O) groups excluding carboxylic acids is 1. The molecule has 0 bridgehead atoms. The summed E-state index contributed by atoms with van der Waals surface area (Å²) in [5.41, 5.74) is 0. The highest BCUT2D eigenvalue weighted by atomic mass is 19.3. The van der Waals surface area contributed by atoms with Crippen LogP contribution in [0.5, 0.6) is 0 Å². The first-order valence-electron chi connectivity index (χ1n) is 3.39. The van der Waals surface area contributed by atoms with Gasteiger partial charge in [-0.25, -0.2) is 8.78 Å². The molecule has 0 saturated carbocycles. The van der Waals surface area contributed by atoms with Crippen LogP contribution in [0.4, 0.5) is 17.6 Å². The van der Waals surface area contributed by atoms with E-state index in [1.165, 1.54) is 5.32 Å². The molecule has 0 heterocycles. The number of carboxylic acid groups (broad SMARTS) is 1. The summed E-state index contributed by atoms with van der Waals surface area (Å²) in [7, 11) is 0. The molecule has 0 aliphatic carbocycles. The van der Waals surface area contributed by atoms with Crippen molar-refractivity contribution >= 4 is 11.9 Å². The fraction of sp³-hybridized carbons (Fsp3) is 0.667. The molecule has 0 aliphatic rings. The van der Waals surface area contributed by atoms with Crippen LogP contribution in [0.25, 0.3) is 0 Å². The summed E-state index contributed by atoms with van der Waals surface area (Å²) in [5.74, 6) is -8.77. The number of carboxylic acids is 1. The first-order valence-corrected chi connectivity index (χ1v) is 3.39. The molecule has 0 fully saturated rings. The zero-order chi connectivity index (χ0) is 11.5. The van der Waals surface area contributed by atoms with Gasteiger partial charge in [0, 0.05) is 0 Å². The molecule has 1 unspecified atom stereocenters. The molecule has 0 saturated heterocycles. The lowest BCUT2D eigenvalue weighted by Gasteiger charge is -2.16. The van der Waals surface area contributed by atoms with E-state index in [4.69, 9.17) is 5.11 Å². The molecule has 0 rings (SSSR count). The van der Waals surface area contributed by atoms with E-state index in [-0.39, 0.29) is 0 Å². The van der Waals surface area contributed by atoms with Crippen molar-refractivity contribution in [2.75, 3.05) is 0 Å². The molecular weight excluding hydrogens is 210 g/mol. The van der Waals surface area contributed by atoms with Crippen molar-refractivity contribution in [3.8, 4) is 0 Å². The van der Waals surface area contributed by atoms with E-state index in [2.05, 4.69) is 0 Å². The second-order valence-corrected chi connectivity index (χ2v) is 2.46. The summed E-state index contributed by atoms with van der Waals surface area (Å²) in [6.45, 7) is 0.877. The number of amides is 1. The van der Waals surface area contributed by atoms with E-state index in [1.807, 2.05) is 0 Å². The van der Waals surface area contributed by atoms with Crippen molar-refractivity contribution in [3.05, 3.63) is 0 Å². The van der Waals surface area contributed by atoms with Crippen LogP contribution >= 0.6 is 0 Å². The van der Waals surface area contributed by atoms with E-state index in [1.54, 1.807) is 0 Å². The molecule has 0 aromatic rings. The van der Waals surface area contributed by atoms with Gasteiger partial charge in [-0.3, -0.25) is 9.59 Å². The minimum atomic E-state index is -4.87. The van der Waals surface area contributed by atoms with Crippen molar-refractivity contribution in [1.29, 1.82) is 0 Å². The van der Waals surface area contributed by atoms with E-state index >= 15 is 0 Å². The van der Waals surface area contributed by atoms with Gasteiger partial charge in [-0.15, -0.1) is 0 Å². The summed E-state index contributed by atoms with van der Waals surface area (Å²) in [6.07, 6.45) is -4.16. The third-order valence-electron chi connectivity index (χ3n) is 1.29. The summed E-state index contributed by atoms with van der Waals surface area (Å²) in [4.78, 5) is 20.5. The Morgan fingerprint density at radius 2 is 1.79 bits per heavy atom. The molecule has 82 valence electrons. The zero-order valence-electron chi connectivity index (χ0n) is 6.93. The Hall–Kier alpha value is -1.34. The Bertz CT molecular complexity index is 243. The smallest absolute Gasteiger partial charge is 0.383 e. The predicted octanol–water partition coefficient (Wildman–Crippen LogP) is 0.476. The summed E-state index contributed by atoms with van der Waals surface area (Å²) in [6, 6.07) is -1.65. The average molecular weight is 217 g/mol. The van der Waals surface area contributed by atoms with Crippen molar-refractivity contribution in [1.82, 2.24) is 5.32 Å². The van der Waals surface area contributed by atoms with Gasteiger partial charge < -0.3 is 10.4 Å². The molecule has 2 N–H and O–H groups in total. The van der Waals surface area contributed by atoms with Gasteiger partial charge in [0.05, 0.1) is 0 Å². The van der Waals surface area contributed by atoms with Crippen LogP contribution in [0.2, 0.25) is 0 Å². The lowest BCUT2D eigenvalue weighted by molar-refractivity contribution is -0.171. The second kappa shape index (κ2) is 4.25. The SMILES string of the molecule is CC(NC(=O)C(F)(F)C(F)F)C(=O)O. The van der Waals surface area contributed by atoms with Crippen LogP contribution in [0.1, 0.15) is 6.92 Å². The van der Waals surface area contributed by atoms with Crippen molar-refractivity contribution in [3.63, 3.8) is 0 Å². The van der Waals surface area contributed by atoms with Gasteiger partial charge in [0.1, 0.15) is 6.04 Å². The molecule has 0 aliphatic heterocycles. The summed E-state index contributed by atoms with van der Waals surface area (Å²) >= 11 is 0. The largest absolute Gasteiger partial charge is 0.480 e. The standard InChI is InChI=1S/C6H7F4NO3/c1-2(3(12)13)11-5(14)6(9,10)4(7)8/h2,4H,1H3,(H,11,14)(H,12,13). The minimum Gasteiger partial charge on any atom is -0.480 e. The third kappa shape index (κ3) is 2.86. The van der Waals surface area contributed by atoms with E-state index in [9.17, 15) is 27.2 Å². The number of halogens is 4. The molecule has 14 heavy (non-hydrogen) atoms. The highest BCUT2D eigenvalue weighted by molar-refractivity contribution is 5.88. The number of hydrogen-bond donors (Lipinski definition) is 2. The molecule has 1 atom stereocenters. The maximum Gasteiger partial charge on any atom is 0.383 e. The van der Waals surface area contributed by atoms with Gasteiger partial charge in [0.2, 0.25) is 0 Å². The van der Waals surface area contributed by atoms with E-state index in [0.717, 1.165) is 6.92 Å². The van der Waals surface area contributed by atoms with Crippen LogP contribution in [0.3, 0.4) is 0 Å². The first-order chi connectivity index (χ1) is 6.19. The Morgan fingerprint density at radius 1 is 1.36 bits per heavy atom. The van der Waals surface area contributed by atoms with Gasteiger partial charge in [-0.1, -0.05) is 0 Å². The molecule has 4 nitrogen and oxygen atoms in total. The summed E-state index contributed by atoms with van der Waals surface area (Å²) in [5, 5.41) is 9.42. The molecule has 0 radical (unpaired) electrons. The third-order valence-corrected chi connectivity index (χ3v) is 1.29. The first kappa shape index (κ1) is 12.7. The lowest BCUT2D eigenvalue weighted by Crippen LogP contribution is -2.50. The molecule has 1 amide bonds. The Kier molecular flexibility index (Phi) is 3.84. The van der Waals surface area contributed by atoms with E-state index in [0.29, 0.717) is 0 Å². The Balaban J connectivity index is 4.42. The number of alkyl halides is 4. The quantitative estimate of drug-likeness (QED) is 0.673. The molecule has 0 aromatic heterocycles. The molecule has 8 heteroatoms. The minimum absolute atomic E-state index is 0.877. The zero-order valence-corrected chi connectivity index (χ0v) is 6.93. The highest BCUT2D eigenvalue weighted by Crippen LogP contribution is 2.22. The van der Waals surface area contributed by atoms with Crippen LogP contribution in [0.15, 0.2) is 0 Å². The second-order valence-electron chi connectivity index (χ2n) is 2.46. The van der Waals surface area contributed by atoms with Crippen molar-refractivity contribution in [2.24, 2.45) is 0 Å². The normalized spacial score (nSPS) is 13.9. The number of aliphatic carboxylic acids is 1. The topological polar surface area (TPSA) is 66.4 Å². The lowest BCUT2D eigenvalue weighted by atomic mass is 10.3. The average Bonchev–Trinajstić information content (AvgIpc) is 2.03. The van der Waals surface area contributed by atoms with E-state index < -0.39 is 30.3 Å². The summed E-state index contributed by atoms with van der Waals surface area (Å²) < 4.78 is 47.5. The van der Waals surface area contributed by atoms with Crippen molar-refractivity contribution in [2.45, 2.75) is 25.3 Å². The maximum absolute atomic E-state index is 12.2. The number of hydrogen-bond acceptors (Lipinski definition) is 2. The predicted molar refractivity (Wildman–Crippen MR) is 36.2 cm³/mol. The van der Waals surface area contributed by atoms with Crippen LogP contribution in [-0.2, 0) is 9.59 Å². The number of carbonyl (C=O) groups is 2. The fourth-order valence-electron chi connectivity index (χ4n) is 0.454. The number of nitrogens with one attached hydrogen (secondary N) is 1.